The summed E-state index contributed by atoms with van der Waals surface area (Å²) in [5.74, 6) is -0.711. The molecule has 3 rings (SSSR count). The molecule has 3 amide bonds. The van der Waals surface area contributed by atoms with Gasteiger partial charge in [-0.25, -0.2) is 4.79 Å². The van der Waals surface area contributed by atoms with E-state index in [-0.39, 0.29) is 36.5 Å². The van der Waals surface area contributed by atoms with Gasteiger partial charge in [0.1, 0.15) is 6.04 Å². The van der Waals surface area contributed by atoms with E-state index in [1.165, 1.54) is 13.5 Å². The minimum absolute atomic E-state index is 0.00717. The molecule has 1 saturated heterocycles. The van der Waals surface area contributed by atoms with Crippen molar-refractivity contribution in [1.29, 1.82) is 0 Å². The van der Waals surface area contributed by atoms with E-state index in [1.807, 2.05) is 0 Å². The normalized spacial score (nSPS) is 30.2. The highest BCUT2D eigenvalue weighted by atomic mass is 16.5. The van der Waals surface area contributed by atoms with Crippen molar-refractivity contribution in [2.24, 2.45) is 0 Å². The Hall–Kier alpha value is -1.79. The van der Waals surface area contributed by atoms with Gasteiger partial charge in [-0.15, -0.1) is 0 Å². The molecule has 0 aromatic heterocycles. The molecule has 0 spiro atoms. The van der Waals surface area contributed by atoms with Crippen LogP contribution >= 0.6 is 0 Å². The van der Waals surface area contributed by atoms with Crippen LogP contribution in [0.3, 0.4) is 0 Å². The third-order valence-corrected chi connectivity index (χ3v) is 5.81. The standard InChI is InChI=1S/C18H29N3O4/c1-25-16(22)11-15-17(23)20-13-9-5-6-10-14(13)21(15)18(24)19-12-7-3-2-4-8-12/h12-15H,2-11H2,1H3,(H,19,24)(H,20,23)/t13-,14+,15+/m0/s1. The first-order valence-corrected chi connectivity index (χ1v) is 9.56. The second-order valence-corrected chi connectivity index (χ2v) is 7.45. The Kier molecular flexibility index (Phi) is 5.81. The van der Waals surface area contributed by atoms with E-state index in [2.05, 4.69) is 10.6 Å². The van der Waals surface area contributed by atoms with Crippen molar-refractivity contribution in [3.8, 4) is 0 Å². The lowest BCUT2D eigenvalue weighted by atomic mass is 9.85. The third kappa shape index (κ3) is 4.07. The first-order chi connectivity index (χ1) is 12.1. The molecule has 7 nitrogen and oxygen atoms in total. The van der Waals surface area contributed by atoms with E-state index in [4.69, 9.17) is 4.74 Å². The Morgan fingerprint density at radius 3 is 2.52 bits per heavy atom. The molecule has 3 aliphatic rings. The molecule has 0 radical (unpaired) electrons. The maximum Gasteiger partial charge on any atom is 0.318 e. The van der Waals surface area contributed by atoms with Gasteiger partial charge in [0, 0.05) is 12.1 Å². The van der Waals surface area contributed by atoms with E-state index >= 15 is 0 Å². The van der Waals surface area contributed by atoms with Crippen molar-refractivity contribution in [2.45, 2.75) is 88.4 Å². The summed E-state index contributed by atoms with van der Waals surface area (Å²) >= 11 is 0. The van der Waals surface area contributed by atoms with Gasteiger partial charge in [0.25, 0.3) is 0 Å². The Morgan fingerprint density at radius 1 is 1.12 bits per heavy atom. The molecule has 3 fully saturated rings. The van der Waals surface area contributed by atoms with Gasteiger partial charge in [-0.1, -0.05) is 32.1 Å². The average Bonchev–Trinajstić information content (AvgIpc) is 2.62. The first kappa shape index (κ1) is 18.0. The quantitative estimate of drug-likeness (QED) is 0.758. The Bertz CT molecular complexity index is 518. The number of methoxy groups -OCH3 is 1. The summed E-state index contributed by atoms with van der Waals surface area (Å²) in [6, 6.07) is -0.855. The maximum absolute atomic E-state index is 13.0. The molecule has 1 aliphatic heterocycles. The van der Waals surface area contributed by atoms with Crippen LogP contribution in [0, 0.1) is 0 Å². The molecular weight excluding hydrogens is 322 g/mol. The monoisotopic (exact) mass is 351 g/mol. The zero-order chi connectivity index (χ0) is 17.8. The lowest BCUT2D eigenvalue weighted by molar-refractivity contribution is -0.147. The summed E-state index contributed by atoms with van der Waals surface area (Å²) in [6.07, 6.45) is 9.19. The van der Waals surface area contributed by atoms with Gasteiger partial charge in [0.05, 0.1) is 19.6 Å². The lowest BCUT2D eigenvalue weighted by Gasteiger charge is -2.48. The Morgan fingerprint density at radius 2 is 1.80 bits per heavy atom. The topological polar surface area (TPSA) is 87.7 Å². The fraction of sp³-hybridized carbons (Fsp3) is 0.833. The molecule has 140 valence electrons. The highest BCUT2D eigenvalue weighted by molar-refractivity contribution is 5.92. The number of carbonyl (C=O) groups excluding carboxylic acids is 3. The number of piperazine rings is 1. The molecule has 25 heavy (non-hydrogen) atoms. The predicted molar refractivity (Wildman–Crippen MR) is 91.9 cm³/mol. The fourth-order valence-electron chi connectivity index (χ4n) is 4.47. The molecule has 0 bridgehead atoms. The minimum atomic E-state index is -0.782. The molecule has 2 N–H and O–H groups in total. The van der Waals surface area contributed by atoms with Gasteiger partial charge in [-0.05, 0) is 25.7 Å². The molecular formula is C18H29N3O4. The number of urea groups is 1. The van der Waals surface area contributed by atoms with Crippen molar-refractivity contribution in [2.75, 3.05) is 7.11 Å². The van der Waals surface area contributed by atoms with E-state index in [9.17, 15) is 14.4 Å². The Labute approximate surface area is 148 Å². The molecule has 2 aliphatic carbocycles. The molecule has 0 aromatic carbocycles. The van der Waals surface area contributed by atoms with E-state index in [1.54, 1.807) is 4.90 Å². The second-order valence-electron chi connectivity index (χ2n) is 7.45. The molecule has 0 aromatic rings. The highest BCUT2D eigenvalue weighted by Crippen LogP contribution is 2.30. The van der Waals surface area contributed by atoms with Gasteiger partial charge in [-0.3, -0.25) is 9.59 Å². The number of nitrogens with one attached hydrogen (secondary N) is 2. The number of ether oxygens (including phenoxy) is 1. The van der Waals surface area contributed by atoms with Crippen LogP contribution in [0.15, 0.2) is 0 Å². The van der Waals surface area contributed by atoms with Crippen LogP contribution in [0.25, 0.3) is 0 Å². The van der Waals surface area contributed by atoms with Crippen LogP contribution in [-0.4, -0.2) is 54.1 Å². The molecule has 2 saturated carbocycles. The zero-order valence-electron chi connectivity index (χ0n) is 15.0. The fourth-order valence-corrected chi connectivity index (χ4v) is 4.47. The van der Waals surface area contributed by atoms with Crippen molar-refractivity contribution in [3.05, 3.63) is 0 Å². The summed E-state index contributed by atoms with van der Waals surface area (Å²) in [6.45, 7) is 0. The number of amides is 3. The van der Waals surface area contributed by atoms with Crippen LogP contribution in [0.2, 0.25) is 0 Å². The van der Waals surface area contributed by atoms with Crippen LogP contribution in [-0.2, 0) is 14.3 Å². The number of hydrogen-bond acceptors (Lipinski definition) is 4. The number of esters is 1. The van der Waals surface area contributed by atoms with Gasteiger partial charge in [0.2, 0.25) is 5.91 Å². The number of fused-ring (bicyclic) bond motifs is 1. The Balaban J connectivity index is 1.77. The summed E-state index contributed by atoms with van der Waals surface area (Å²) in [5, 5.41) is 6.14. The third-order valence-electron chi connectivity index (χ3n) is 5.81. The van der Waals surface area contributed by atoms with Gasteiger partial charge < -0.3 is 20.3 Å². The van der Waals surface area contributed by atoms with Crippen molar-refractivity contribution in [3.63, 3.8) is 0 Å². The minimum Gasteiger partial charge on any atom is -0.469 e. The lowest BCUT2D eigenvalue weighted by Crippen LogP contribution is -2.69. The van der Waals surface area contributed by atoms with Crippen molar-refractivity contribution in [1.82, 2.24) is 15.5 Å². The van der Waals surface area contributed by atoms with Crippen LogP contribution in [0.4, 0.5) is 4.79 Å². The first-order valence-electron chi connectivity index (χ1n) is 9.56. The molecule has 3 atom stereocenters. The molecule has 0 unspecified atom stereocenters. The zero-order valence-corrected chi connectivity index (χ0v) is 15.0. The molecule has 1 heterocycles. The largest absolute Gasteiger partial charge is 0.469 e. The van der Waals surface area contributed by atoms with E-state index in [0.717, 1.165) is 51.4 Å². The van der Waals surface area contributed by atoms with Gasteiger partial charge in [0.15, 0.2) is 0 Å². The smallest absolute Gasteiger partial charge is 0.318 e. The maximum atomic E-state index is 13.0. The summed E-state index contributed by atoms with van der Waals surface area (Å²) in [7, 11) is 1.30. The number of hydrogen-bond donors (Lipinski definition) is 2. The van der Waals surface area contributed by atoms with Crippen LogP contribution in [0.1, 0.15) is 64.2 Å². The van der Waals surface area contributed by atoms with Crippen LogP contribution < -0.4 is 10.6 Å². The predicted octanol–water partition coefficient (Wildman–Crippen LogP) is 1.70. The SMILES string of the molecule is COC(=O)C[C@@H]1C(=O)N[C@H]2CCCC[C@H]2N1C(=O)NC1CCCCC1. The number of rotatable bonds is 3. The summed E-state index contributed by atoms with van der Waals surface area (Å²) < 4.78 is 4.74. The highest BCUT2D eigenvalue weighted by Gasteiger charge is 2.46. The number of carbonyl (C=O) groups is 3. The van der Waals surface area contributed by atoms with Crippen molar-refractivity contribution >= 4 is 17.9 Å². The van der Waals surface area contributed by atoms with E-state index < -0.39 is 12.0 Å². The van der Waals surface area contributed by atoms with Gasteiger partial charge >= 0.3 is 12.0 Å². The number of nitrogens with zero attached hydrogens (tertiary/aromatic N) is 1. The second kappa shape index (κ2) is 8.06. The van der Waals surface area contributed by atoms with Crippen molar-refractivity contribution < 1.29 is 19.1 Å². The molecule has 7 heteroatoms. The van der Waals surface area contributed by atoms with Gasteiger partial charge in [-0.2, -0.15) is 0 Å². The summed E-state index contributed by atoms with van der Waals surface area (Å²) in [4.78, 5) is 39.0. The average molecular weight is 351 g/mol. The van der Waals surface area contributed by atoms with Crippen LogP contribution in [0.5, 0.6) is 0 Å². The summed E-state index contributed by atoms with van der Waals surface area (Å²) in [5.41, 5.74) is 0. The van der Waals surface area contributed by atoms with E-state index in [0.29, 0.717) is 0 Å².